The zero-order valence-corrected chi connectivity index (χ0v) is 13.6. The van der Waals surface area contributed by atoms with E-state index in [2.05, 4.69) is 0 Å². The Hall–Kier alpha value is -2.75. The van der Waals surface area contributed by atoms with Gasteiger partial charge in [0.05, 0.1) is 12.9 Å². The molecule has 4 nitrogen and oxygen atoms in total. The molecule has 4 bridgehead atoms. The smallest absolute Gasteiger partial charge is 0.159 e. The SMILES string of the molecule is COc1ccc2cc1CCC(=O)/C=C(/O)CCc1ccc(cc1)O2. The average Bonchev–Trinajstić information content (AvgIpc) is 2.59. The van der Waals surface area contributed by atoms with Crippen molar-refractivity contribution in [3.8, 4) is 17.2 Å². The van der Waals surface area contributed by atoms with Gasteiger partial charge in [0.15, 0.2) is 5.78 Å². The fraction of sp³-hybridized carbons (Fsp3) is 0.250. The molecule has 2 heterocycles. The monoisotopic (exact) mass is 324 g/mol. The van der Waals surface area contributed by atoms with Crippen molar-refractivity contribution in [2.24, 2.45) is 0 Å². The molecule has 4 heteroatoms. The Morgan fingerprint density at radius 3 is 2.46 bits per heavy atom. The van der Waals surface area contributed by atoms with Crippen LogP contribution in [0.15, 0.2) is 54.3 Å². The van der Waals surface area contributed by atoms with E-state index < -0.39 is 0 Å². The molecule has 2 aromatic rings. The molecule has 0 atom stereocenters. The zero-order chi connectivity index (χ0) is 16.9. The van der Waals surface area contributed by atoms with E-state index in [0.29, 0.717) is 31.4 Å². The summed E-state index contributed by atoms with van der Waals surface area (Å²) >= 11 is 0. The van der Waals surface area contributed by atoms with Crippen molar-refractivity contribution in [2.45, 2.75) is 25.7 Å². The van der Waals surface area contributed by atoms with Crippen LogP contribution in [0.2, 0.25) is 0 Å². The summed E-state index contributed by atoms with van der Waals surface area (Å²) in [5.74, 6) is 2.21. The number of aryl methyl sites for hydroxylation is 2. The number of aliphatic hydroxyl groups is 1. The van der Waals surface area contributed by atoms with Crippen LogP contribution in [0, 0.1) is 0 Å². The van der Waals surface area contributed by atoms with Crippen LogP contribution in [0.25, 0.3) is 0 Å². The van der Waals surface area contributed by atoms with Gasteiger partial charge in [0.2, 0.25) is 0 Å². The number of ether oxygens (including phenoxy) is 2. The third-order valence-electron chi connectivity index (χ3n) is 4.05. The minimum Gasteiger partial charge on any atom is -0.512 e. The summed E-state index contributed by atoms with van der Waals surface area (Å²) in [6.07, 6.45) is 3.30. The number of aliphatic hydroxyl groups excluding tert-OH is 1. The van der Waals surface area contributed by atoms with Crippen LogP contribution in [0.3, 0.4) is 0 Å². The van der Waals surface area contributed by atoms with Crippen LogP contribution in [-0.4, -0.2) is 18.0 Å². The van der Waals surface area contributed by atoms with Gasteiger partial charge in [-0.2, -0.15) is 0 Å². The van der Waals surface area contributed by atoms with Crippen LogP contribution < -0.4 is 9.47 Å². The number of methoxy groups -OCH3 is 1. The number of fused-ring (bicyclic) bond motifs is 7. The maximum atomic E-state index is 12.0. The Bertz CT molecular complexity index is 760. The first kappa shape index (κ1) is 16.1. The second-order valence-corrected chi connectivity index (χ2v) is 5.82. The van der Waals surface area contributed by atoms with Gasteiger partial charge in [-0.1, -0.05) is 12.1 Å². The van der Waals surface area contributed by atoms with Gasteiger partial charge in [-0.05, 0) is 54.3 Å². The zero-order valence-electron chi connectivity index (χ0n) is 13.6. The van der Waals surface area contributed by atoms with Gasteiger partial charge in [0.25, 0.3) is 0 Å². The molecule has 124 valence electrons. The van der Waals surface area contributed by atoms with Gasteiger partial charge in [-0.25, -0.2) is 0 Å². The number of hydrogen-bond acceptors (Lipinski definition) is 4. The lowest BCUT2D eigenvalue weighted by Crippen LogP contribution is -2.00. The van der Waals surface area contributed by atoms with Crippen LogP contribution in [0.5, 0.6) is 17.2 Å². The van der Waals surface area contributed by atoms with E-state index >= 15 is 0 Å². The van der Waals surface area contributed by atoms with Gasteiger partial charge in [0.1, 0.15) is 17.2 Å². The van der Waals surface area contributed by atoms with E-state index in [-0.39, 0.29) is 11.5 Å². The summed E-state index contributed by atoms with van der Waals surface area (Å²) in [4.78, 5) is 12.0. The van der Waals surface area contributed by atoms with Gasteiger partial charge in [0, 0.05) is 18.9 Å². The number of carbonyl (C=O) groups is 1. The highest BCUT2D eigenvalue weighted by atomic mass is 16.5. The largest absolute Gasteiger partial charge is 0.512 e. The summed E-state index contributed by atoms with van der Waals surface area (Å²) in [6, 6.07) is 13.3. The van der Waals surface area contributed by atoms with Crippen molar-refractivity contribution in [2.75, 3.05) is 7.11 Å². The summed E-state index contributed by atoms with van der Waals surface area (Å²) in [5, 5.41) is 9.93. The van der Waals surface area contributed by atoms with Crippen LogP contribution in [-0.2, 0) is 17.6 Å². The Labute approximate surface area is 141 Å². The van der Waals surface area contributed by atoms with E-state index in [0.717, 1.165) is 22.6 Å². The van der Waals surface area contributed by atoms with Gasteiger partial charge in [-0.3, -0.25) is 4.79 Å². The summed E-state index contributed by atoms with van der Waals surface area (Å²) in [5.41, 5.74) is 1.99. The Morgan fingerprint density at radius 1 is 0.958 bits per heavy atom. The third kappa shape index (κ3) is 3.96. The molecular weight excluding hydrogens is 304 g/mol. The number of allylic oxidation sites excluding steroid dienone is 2. The van der Waals surface area contributed by atoms with Gasteiger partial charge < -0.3 is 14.6 Å². The van der Waals surface area contributed by atoms with Crippen LogP contribution in [0.4, 0.5) is 0 Å². The number of benzene rings is 2. The van der Waals surface area contributed by atoms with Crippen molar-refractivity contribution in [3.63, 3.8) is 0 Å². The molecule has 2 aliphatic heterocycles. The molecule has 0 fully saturated rings. The number of carbonyl (C=O) groups excluding carboxylic acids is 1. The Balaban J connectivity index is 1.96. The molecule has 1 N–H and O–H groups in total. The van der Waals surface area contributed by atoms with Crippen LogP contribution in [0.1, 0.15) is 24.0 Å². The topological polar surface area (TPSA) is 55.8 Å². The molecule has 0 aromatic heterocycles. The third-order valence-corrected chi connectivity index (χ3v) is 4.05. The minimum absolute atomic E-state index is 0.0921. The van der Waals surface area contributed by atoms with E-state index in [9.17, 15) is 9.90 Å². The van der Waals surface area contributed by atoms with E-state index in [4.69, 9.17) is 9.47 Å². The van der Waals surface area contributed by atoms with Gasteiger partial charge >= 0.3 is 0 Å². The molecule has 24 heavy (non-hydrogen) atoms. The summed E-state index contributed by atoms with van der Waals surface area (Å²) < 4.78 is 11.3. The molecule has 0 saturated heterocycles. The quantitative estimate of drug-likeness (QED) is 0.846. The molecule has 0 aliphatic carbocycles. The lowest BCUT2D eigenvalue weighted by molar-refractivity contribution is -0.114. The average molecular weight is 324 g/mol. The van der Waals surface area contributed by atoms with E-state index in [1.165, 1.54) is 6.08 Å². The first-order valence-corrected chi connectivity index (χ1v) is 8.00. The predicted molar refractivity (Wildman–Crippen MR) is 91.9 cm³/mol. The van der Waals surface area contributed by atoms with Crippen molar-refractivity contribution in [1.82, 2.24) is 0 Å². The first-order valence-electron chi connectivity index (χ1n) is 8.00. The maximum Gasteiger partial charge on any atom is 0.159 e. The first-order chi connectivity index (χ1) is 11.6. The highest BCUT2D eigenvalue weighted by Crippen LogP contribution is 2.29. The van der Waals surface area contributed by atoms with E-state index in [1.54, 1.807) is 7.11 Å². The van der Waals surface area contributed by atoms with Crippen molar-refractivity contribution in [1.29, 1.82) is 0 Å². The second kappa shape index (κ2) is 7.21. The number of rotatable bonds is 1. The van der Waals surface area contributed by atoms with E-state index in [1.807, 2.05) is 42.5 Å². The lowest BCUT2D eigenvalue weighted by Gasteiger charge is -2.11. The highest BCUT2D eigenvalue weighted by molar-refractivity contribution is 5.90. The van der Waals surface area contributed by atoms with Crippen molar-refractivity contribution < 1.29 is 19.4 Å². The molecule has 4 rings (SSSR count). The predicted octanol–water partition coefficient (Wildman–Crippen LogP) is 4.38. The molecule has 0 unspecified atom stereocenters. The minimum atomic E-state index is -0.0921. The number of hydrogen-bond donors (Lipinski definition) is 1. The fourth-order valence-electron chi connectivity index (χ4n) is 2.73. The van der Waals surface area contributed by atoms with Crippen LogP contribution >= 0.6 is 0 Å². The Morgan fingerprint density at radius 2 is 1.71 bits per heavy atom. The fourth-order valence-corrected chi connectivity index (χ4v) is 2.73. The maximum absolute atomic E-state index is 12.0. The molecule has 0 saturated carbocycles. The lowest BCUT2D eigenvalue weighted by atomic mass is 10.0. The summed E-state index contributed by atoms with van der Waals surface area (Å²) in [6.45, 7) is 0. The summed E-state index contributed by atoms with van der Waals surface area (Å²) in [7, 11) is 1.61. The van der Waals surface area contributed by atoms with Gasteiger partial charge in [-0.15, -0.1) is 0 Å². The standard InChI is InChI=1S/C20H20O4/c1-23-20-11-10-19-12-15(20)5-7-17(22)13-16(21)6-2-14-3-8-18(24-19)9-4-14/h3-4,8-13,21H,2,5-7H2,1H3/b16-13+. The second-order valence-electron chi connectivity index (χ2n) is 5.82. The van der Waals surface area contributed by atoms with Crippen molar-refractivity contribution in [3.05, 3.63) is 65.4 Å². The molecule has 2 aromatic carbocycles. The molecule has 0 amide bonds. The number of ketones is 1. The molecule has 2 aliphatic rings. The molecule has 0 radical (unpaired) electrons. The Kier molecular flexibility index (Phi) is 4.85. The van der Waals surface area contributed by atoms with Crippen molar-refractivity contribution >= 4 is 5.78 Å². The molecular formula is C20H20O4. The normalized spacial score (nSPS) is 17.2. The molecule has 0 spiro atoms. The highest BCUT2D eigenvalue weighted by Gasteiger charge is 2.10.